The molecule has 0 unspecified atom stereocenters. The fourth-order valence-corrected chi connectivity index (χ4v) is 0. The molecule has 0 N–H and O–H groups in total. The number of carboxylic acid groups (broad SMARTS) is 3. The van der Waals surface area contributed by atoms with E-state index in [4.69, 9.17) is 0 Å². The van der Waals surface area contributed by atoms with Crippen molar-refractivity contribution in [3.63, 3.8) is 0 Å². The minimum absolute atomic E-state index is 0. The van der Waals surface area contributed by atoms with Crippen molar-refractivity contribution in [2.75, 3.05) is 0 Å². The Balaban J connectivity index is -0.0000000400. The third-order valence-corrected chi connectivity index (χ3v) is 0.866. The summed E-state index contributed by atoms with van der Waals surface area (Å²) in [4.78, 5) is 27.8. The first-order valence-corrected chi connectivity index (χ1v) is 4.41. The van der Waals surface area contributed by atoms with Crippen molar-refractivity contribution in [3.05, 3.63) is 0 Å². The number of carbonyl (C=O) groups is 3. The van der Waals surface area contributed by atoms with Crippen LogP contribution in [0.2, 0.25) is 0 Å². The van der Waals surface area contributed by atoms with Crippen molar-refractivity contribution in [2.45, 2.75) is 40.0 Å². The molecule has 6 nitrogen and oxygen atoms in total. The molecule has 0 rings (SSSR count). The molecule has 0 spiro atoms. The van der Waals surface area contributed by atoms with E-state index < -0.39 is 17.9 Å². The number of carboxylic acids is 3. The maximum absolute atomic E-state index is 9.26. The van der Waals surface area contributed by atoms with E-state index in [1.54, 1.807) is 0 Å². The average molecular weight is 281 g/mol. The van der Waals surface area contributed by atoms with Crippen LogP contribution in [0, 0.1) is 0 Å². The molecule has 0 atom stereocenters. The maximum Gasteiger partial charge on any atom is 2.00 e. The Bertz CT molecular complexity index is 165. The number of hydrogen-bond acceptors (Lipinski definition) is 6. The van der Waals surface area contributed by atoms with Crippen LogP contribution in [0.25, 0.3) is 0 Å². The van der Waals surface area contributed by atoms with Gasteiger partial charge in [-0.2, -0.15) is 0 Å². The quantitative estimate of drug-likeness (QED) is 0.476. The first kappa shape index (κ1) is 30.0. The molecule has 0 fully saturated rings. The van der Waals surface area contributed by atoms with Crippen molar-refractivity contribution in [3.8, 4) is 0 Å². The van der Waals surface area contributed by atoms with E-state index in [0.717, 1.165) is 0 Å². The Morgan fingerprint density at radius 2 is 0.765 bits per heavy atom. The normalized spacial score (nSPS) is 6.53. The second kappa shape index (κ2) is 24.7. The molecule has 0 aromatic heterocycles. The summed E-state index contributed by atoms with van der Waals surface area (Å²) in [6.45, 7) is 4.61. The smallest absolute Gasteiger partial charge is 0.550 e. The Labute approximate surface area is 123 Å². The first-order valence-electron chi connectivity index (χ1n) is 4.41. The molecule has 0 aromatic rings. The van der Waals surface area contributed by atoms with Gasteiger partial charge in [0.25, 0.3) is 0 Å². The molecule has 0 bridgehead atoms. The molecule has 0 saturated heterocycles. The molecule has 0 aliphatic heterocycles. The monoisotopic (exact) mass is 281 g/mol. The molecule has 0 aromatic carbocycles. The number of rotatable bonds is 3. The summed E-state index contributed by atoms with van der Waals surface area (Å²) in [5.41, 5.74) is 0. The summed E-state index contributed by atoms with van der Waals surface area (Å²) >= 11 is 0. The minimum atomic E-state index is -0.995. The minimum Gasteiger partial charge on any atom is -0.550 e. The number of carbonyl (C=O) groups excluding carboxylic acids is 3. The summed E-state index contributed by atoms with van der Waals surface area (Å²) in [5.74, 6) is -2.99. The number of aliphatic carboxylic acids is 3. The average Bonchev–Trinajstić information content (AvgIpc) is 2.19. The van der Waals surface area contributed by atoms with Crippen LogP contribution in [-0.4, -0.2) is 17.9 Å². The first-order chi connectivity index (χ1) is 6.81. The summed E-state index contributed by atoms with van der Waals surface area (Å²) in [6.07, 6.45) is 0.333. The van der Waals surface area contributed by atoms with Gasteiger partial charge in [-0.25, -0.2) is 0 Å². The van der Waals surface area contributed by atoms with Gasteiger partial charge in [0, 0.05) is 17.9 Å². The molecule has 95 valence electrons. The van der Waals surface area contributed by atoms with Gasteiger partial charge in [-0.1, -0.05) is 20.8 Å². The van der Waals surface area contributed by atoms with Gasteiger partial charge in [0.05, 0.1) is 0 Å². The second-order valence-electron chi connectivity index (χ2n) is 2.18. The Kier molecular flexibility index (Phi) is 43.5. The summed E-state index contributed by atoms with van der Waals surface area (Å²) in [7, 11) is 0. The zero-order valence-corrected chi connectivity index (χ0v) is 11.6. The van der Waals surface area contributed by atoms with Crippen molar-refractivity contribution >= 4 is 17.9 Å². The largest absolute Gasteiger partial charge is 2.00 e. The van der Waals surface area contributed by atoms with Gasteiger partial charge in [-0.15, -0.1) is 0 Å². The van der Waals surface area contributed by atoms with Crippen molar-refractivity contribution in [2.24, 2.45) is 0 Å². The predicted octanol–water partition coefficient (Wildman–Crippen LogP) is -5.56. The van der Waals surface area contributed by atoms with Gasteiger partial charge in [0.2, 0.25) is 0 Å². The van der Waals surface area contributed by atoms with Crippen LogP contribution in [0.1, 0.15) is 40.0 Å². The molecular formula is C9H15LiMnO6. The van der Waals surface area contributed by atoms with Gasteiger partial charge >= 0.3 is 35.9 Å². The van der Waals surface area contributed by atoms with Crippen LogP contribution in [0.5, 0.6) is 0 Å². The molecule has 8 heteroatoms. The van der Waals surface area contributed by atoms with E-state index in [-0.39, 0.29) is 55.2 Å². The van der Waals surface area contributed by atoms with Crippen LogP contribution in [0.15, 0.2) is 0 Å². The summed E-state index contributed by atoms with van der Waals surface area (Å²) in [5, 5.41) is 27.8. The fourth-order valence-electron chi connectivity index (χ4n) is 0. The van der Waals surface area contributed by atoms with E-state index >= 15 is 0 Å². The van der Waals surface area contributed by atoms with Gasteiger partial charge in [0.15, 0.2) is 0 Å². The zero-order chi connectivity index (χ0) is 12.9. The molecule has 0 saturated carbocycles. The van der Waals surface area contributed by atoms with Crippen molar-refractivity contribution < 1.29 is 65.6 Å². The number of hydrogen-bond donors (Lipinski definition) is 0. The van der Waals surface area contributed by atoms with Crippen molar-refractivity contribution in [1.82, 2.24) is 0 Å². The Morgan fingerprint density at radius 1 is 0.706 bits per heavy atom. The van der Waals surface area contributed by atoms with Gasteiger partial charge in [-0.3, -0.25) is 0 Å². The Morgan fingerprint density at radius 3 is 0.765 bits per heavy atom. The van der Waals surface area contributed by atoms with E-state index in [2.05, 4.69) is 0 Å². The third-order valence-electron chi connectivity index (χ3n) is 0.866. The van der Waals surface area contributed by atoms with Crippen LogP contribution in [0.3, 0.4) is 0 Å². The van der Waals surface area contributed by atoms with Crippen LogP contribution in [-0.2, 0) is 31.5 Å². The van der Waals surface area contributed by atoms with Crippen LogP contribution < -0.4 is 34.2 Å². The predicted molar refractivity (Wildman–Crippen MR) is 45.9 cm³/mol. The molecule has 17 heavy (non-hydrogen) atoms. The van der Waals surface area contributed by atoms with Crippen LogP contribution in [0.4, 0.5) is 0 Å². The molecule has 1 radical (unpaired) electrons. The van der Waals surface area contributed by atoms with Gasteiger partial charge in [0.1, 0.15) is 0 Å². The molecule has 0 amide bonds. The van der Waals surface area contributed by atoms with E-state index in [0.29, 0.717) is 0 Å². The maximum atomic E-state index is 9.26. The summed E-state index contributed by atoms with van der Waals surface area (Å²) in [6, 6.07) is 0. The second-order valence-corrected chi connectivity index (χ2v) is 2.18. The molecular weight excluding hydrogens is 266 g/mol. The van der Waals surface area contributed by atoms with Gasteiger partial charge in [-0.05, 0) is 19.3 Å². The van der Waals surface area contributed by atoms with Crippen LogP contribution >= 0.6 is 0 Å². The molecule has 0 aliphatic carbocycles. The molecule has 0 aliphatic rings. The summed E-state index contributed by atoms with van der Waals surface area (Å²) < 4.78 is 0. The van der Waals surface area contributed by atoms with E-state index in [9.17, 15) is 29.7 Å². The van der Waals surface area contributed by atoms with E-state index in [1.807, 2.05) is 0 Å². The van der Waals surface area contributed by atoms with Crippen molar-refractivity contribution in [1.29, 1.82) is 0 Å². The van der Waals surface area contributed by atoms with Gasteiger partial charge < -0.3 is 29.7 Å². The third kappa shape index (κ3) is 93.0. The van der Waals surface area contributed by atoms with E-state index in [1.165, 1.54) is 20.8 Å². The fraction of sp³-hybridized carbons (Fsp3) is 0.667. The SMILES string of the molecule is CCC(=O)[O-].CCC(=O)[O-].CCC(=O)[O-].[Li+].[Mn+2]. The zero-order valence-electron chi connectivity index (χ0n) is 10.4. The topological polar surface area (TPSA) is 120 Å². The standard InChI is InChI=1S/3C3H6O2.Li.Mn/c3*1-2-3(4)5;;/h3*2H2,1H3,(H,4,5);;/q;;;+1;+2/p-3. The Hall–Kier alpha value is -0.473. The molecule has 0 heterocycles.